The summed E-state index contributed by atoms with van der Waals surface area (Å²) in [5.41, 5.74) is 2.47. The Morgan fingerprint density at radius 1 is 1.44 bits per heavy atom. The van der Waals surface area contributed by atoms with E-state index in [4.69, 9.17) is 20.8 Å². The highest BCUT2D eigenvalue weighted by atomic mass is 35.5. The molecule has 1 amide bonds. The smallest absolute Gasteiger partial charge is 0.260 e. The lowest BCUT2D eigenvalue weighted by molar-refractivity contribution is -0.119. The summed E-state index contributed by atoms with van der Waals surface area (Å²) in [5, 5.41) is 3.93. The van der Waals surface area contributed by atoms with E-state index in [1.54, 1.807) is 12.1 Å². The van der Waals surface area contributed by atoms with Gasteiger partial charge in [0.2, 0.25) is 10.0 Å². The largest absolute Gasteiger partial charge is 0.495 e. The number of carbonyl (C=O) groups excluding carboxylic acids is 1. The lowest BCUT2D eigenvalue weighted by Crippen LogP contribution is -2.39. The van der Waals surface area contributed by atoms with Gasteiger partial charge in [-0.15, -0.1) is 0 Å². The minimum Gasteiger partial charge on any atom is -0.495 e. The van der Waals surface area contributed by atoms with Crippen molar-refractivity contribution in [2.45, 2.75) is 0 Å². The molecule has 0 aliphatic heterocycles. The Kier molecular flexibility index (Phi) is 6.05. The van der Waals surface area contributed by atoms with Crippen LogP contribution in [0.15, 0.2) is 46.1 Å². The third kappa shape index (κ3) is 5.23. The molecule has 0 spiro atoms. The van der Waals surface area contributed by atoms with E-state index < -0.39 is 22.5 Å². The minimum atomic E-state index is -3.71. The van der Waals surface area contributed by atoms with Gasteiger partial charge in [-0.05, 0) is 30.3 Å². The topological polar surface area (TPSA) is 101 Å². The molecule has 8 nitrogen and oxygen atoms in total. The molecule has 0 atom stereocenters. The van der Waals surface area contributed by atoms with E-state index in [1.165, 1.54) is 37.8 Å². The number of anilines is 1. The molecule has 0 bridgehead atoms. The van der Waals surface area contributed by atoms with Gasteiger partial charge in [0.05, 0.1) is 36.6 Å². The summed E-state index contributed by atoms with van der Waals surface area (Å²) in [5.74, 6) is 0.216. The molecule has 0 fully saturated rings. The number of hydrazone groups is 1. The number of rotatable bonds is 7. The zero-order valence-corrected chi connectivity index (χ0v) is 15.0. The molecule has 0 aliphatic carbocycles. The maximum absolute atomic E-state index is 12.0. The predicted molar refractivity (Wildman–Crippen MR) is 94.6 cm³/mol. The van der Waals surface area contributed by atoms with Crippen LogP contribution >= 0.6 is 11.6 Å². The number of nitrogens with one attached hydrogen (secondary N) is 1. The van der Waals surface area contributed by atoms with Gasteiger partial charge in [-0.3, -0.25) is 9.10 Å². The van der Waals surface area contributed by atoms with Gasteiger partial charge in [-0.2, -0.15) is 5.10 Å². The first kappa shape index (κ1) is 18.8. The number of halogens is 1. The lowest BCUT2D eigenvalue weighted by atomic mass is 10.3. The van der Waals surface area contributed by atoms with Gasteiger partial charge < -0.3 is 9.15 Å². The van der Waals surface area contributed by atoms with Crippen molar-refractivity contribution in [3.63, 3.8) is 0 Å². The van der Waals surface area contributed by atoms with Crippen molar-refractivity contribution in [2.24, 2.45) is 5.10 Å². The average molecular weight is 386 g/mol. The zero-order chi connectivity index (χ0) is 18.4. The molecule has 1 aromatic carbocycles. The summed E-state index contributed by atoms with van der Waals surface area (Å²) in [7, 11) is -2.27. The third-order valence-corrected chi connectivity index (χ3v) is 4.47. The molecule has 1 N–H and O–H groups in total. The Bertz CT molecular complexity index is 865. The SMILES string of the molecule is COc1ccc(N(CC(=O)N/N=C\c2ccco2)S(C)(=O)=O)cc1Cl. The predicted octanol–water partition coefficient (Wildman–Crippen LogP) is 1.86. The Morgan fingerprint density at radius 3 is 2.76 bits per heavy atom. The summed E-state index contributed by atoms with van der Waals surface area (Å²) >= 11 is 6.02. The Hall–Kier alpha value is -2.52. The molecule has 25 heavy (non-hydrogen) atoms. The van der Waals surface area contributed by atoms with E-state index in [0.29, 0.717) is 11.5 Å². The zero-order valence-electron chi connectivity index (χ0n) is 13.5. The Labute approximate surface area is 150 Å². The van der Waals surface area contributed by atoms with E-state index >= 15 is 0 Å². The van der Waals surface area contributed by atoms with Crippen molar-refractivity contribution in [3.8, 4) is 5.75 Å². The number of furan rings is 1. The van der Waals surface area contributed by atoms with Crippen LogP contribution in [0.1, 0.15) is 5.76 Å². The standard InChI is InChI=1S/C15H16ClN3O5S/c1-23-14-6-5-11(8-13(14)16)19(25(2,21)22)10-15(20)18-17-9-12-4-3-7-24-12/h3-9H,10H2,1-2H3,(H,18,20)/b17-9-. The monoisotopic (exact) mass is 385 g/mol. The quantitative estimate of drug-likeness (QED) is 0.579. The van der Waals surface area contributed by atoms with Crippen LogP contribution in [0.25, 0.3) is 0 Å². The van der Waals surface area contributed by atoms with Crippen LogP contribution < -0.4 is 14.5 Å². The van der Waals surface area contributed by atoms with Crippen LogP contribution in [0.2, 0.25) is 5.02 Å². The first-order valence-corrected chi connectivity index (χ1v) is 9.20. The highest BCUT2D eigenvalue weighted by molar-refractivity contribution is 7.92. The van der Waals surface area contributed by atoms with Gasteiger partial charge in [0.1, 0.15) is 18.1 Å². The van der Waals surface area contributed by atoms with E-state index in [2.05, 4.69) is 10.5 Å². The summed E-state index contributed by atoms with van der Waals surface area (Å²) in [4.78, 5) is 12.0. The van der Waals surface area contributed by atoms with Crippen molar-refractivity contribution >= 4 is 39.4 Å². The van der Waals surface area contributed by atoms with Gasteiger partial charge in [0, 0.05) is 0 Å². The van der Waals surface area contributed by atoms with Crippen molar-refractivity contribution in [1.29, 1.82) is 0 Å². The molecule has 1 heterocycles. The Morgan fingerprint density at radius 2 is 2.20 bits per heavy atom. The normalized spacial score (nSPS) is 11.5. The first-order chi connectivity index (χ1) is 11.8. The van der Waals surface area contributed by atoms with Crippen LogP contribution in [0, 0.1) is 0 Å². The van der Waals surface area contributed by atoms with Crippen LogP contribution in [-0.4, -0.2) is 40.4 Å². The molecular formula is C15H16ClN3O5S. The molecule has 0 saturated heterocycles. The van der Waals surface area contributed by atoms with Crippen LogP contribution in [-0.2, 0) is 14.8 Å². The minimum absolute atomic E-state index is 0.227. The first-order valence-electron chi connectivity index (χ1n) is 6.98. The van der Waals surface area contributed by atoms with Crippen molar-refractivity contribution in [1.82, 2.24) is 5.43 Å². The summed E-state index contributed by atoms with van der Waals surface area (Å²) in [6.07, 6.45) is 3.75. The molecule has 2 rings (SSSR count). The summed E-state index contributed by atoms with van der Waals surface area (Å²) < 4.78 is 35.0. The number of hydrogen-bond donors (Lipinski definition) is 1. The number of amides is 1. The molecule has 134 valence electrons. The second kappa shape index (κ2) is 8.04. The number of sulfonamides is 1. The van der Waals surface area contributed by atoms with Gasteiger partial charge in [0.25, 0.3) is 5.91 Å². The van der Waals surface area contributed by atoms with E-state index in [1.807, 2.05) is 0 Å². The second-order valence-electron chi connectivity index (χ2n) is 4.90. The maximum Gasteiger partial charge on any atom is 0.260 e. The van der Waals surface area contributed by atoms with Crippen LogP contribution in [0.5, 0.6) is 5.75 Å². The fourth-order valence-electron chi connectivity index (χ4n) is 1.91. The van der Waals surface area contributed by atoms with Gasteiger partial charge in [0.15, 0.2) is 0 Å². The third-order valence-electron chi connectivity index (χ3n) is 3.04. The fourth-order valence-corrected chi connectivity index (χ4v) is 3.01. The van der Waals surface area contributed by atoms with Gasteiger partial charge >= 0.3 is 0 Å². The Balaban J connectivity index is 2.13. The number of nitrogens with zero attached hydrogens (tertiary/aromatic N) is 2. The van der Waals surface area contributed by atoms with Crippen molar-refractivity contribution in [2.75, 3.05) is 24.2 Å². The lowest BCUT2D eigenvalue weighted by Gasteiger charge is -2.21. The van der Waals surface area contributed by atoms with E-state index in [-0.39, 0.29) is 10.7 Å². The van der Waals surface area contributed by atoms with Crippen LogP contribution in [0.4, 0.5) is 5.69 Å². The molecule has 2 aromatic rings. The highest BCUT2D eigenvalue weighted by Crippen LogP contribution is 2.30. The maximum atomic E-state index is 12.0. The van der Waals surface area contributed by atoms with E-state index in [9.17, 15) is 13.2 Å². The molecule has 1 aromatic heterocycles. The van der Waals surface area contributed by atoms with E-state index in [0.717, 1.165) is 10.6 Å². The average Bonchev–Trinajstić information content (AvgIpc) is 3.05. The number of ether oxygens (including phenoxy) is 1. The molecule has 0 saturated carbocycles. The molecule has 0 unspecified atom stereocenters. The molecule has 0 radical (unpaired) electrons. The summed E-state index contributed by atoms with van der Waals surface area (Å²) in [6, 6.07) is 7.73. The second-order valence-corrected chi connectivity index (χ2v) is 7.21. The van der Waals surface area contributed by atoms with Gasteiger partial charge in [-0.25, -0.2) is 13.8 Å². The van der Waals surface area contributed by atoms with Crippen molar-refractivity contribution in [3.05, 3.63) is 47.4 Å². The highest BCUT2D eigenvalue weighted by Gasteiger charge is 2.21. The molecule has 10 heteroatoms. The molecular weight excluding hydrogens is 370 g/mol. The fraction of sp³-hybridized carbons (Fsp3) is 0.200. The van der Waals surface area contributed by atoms with Gasteiger partial charge in [-0.1, -0.05) is 11.6 Å². The number of benzene rings is 1. The summed E-state index contributed by atoms with van der Waals surface area (Å²) in [6.45, 7) is -0.461. The van der Waals surface area contributed by atoms with Crippen molar-refractivity contribution < 1.29 is 22.4 Å². The number of methoxy groups -OCH3 is 1. The molecule has 0 aliphatic rings. The number of hydrogen-bond acceptors (Lipinski definition) is 6. The van der Waals surface area contributed by atoms with Crippen LogP contribution in [0.3, 0.4) is 0 Å². The number of carbonyl (C=O) groups is 1.